The fourth-order valence-electron chi connectivity index (χ4n) is 3.45. The van der Waals surface area contributed by atoms with Crippen LogP contribution < -0.4 is 10.1 Å². The molecule has 166 valence electrons. The molecule has 1 aromatic carbocycles. The van der Waals surface area contributed by atoms with Crippen molar-refractivity contribution in [1.29, 1.82) is 0 Å². The predicted molar refractivity (Wildman–Crippen MR) is 120 cm³/mol. The second-order valence-corrected chi connectivity index (χ2v) is 7.16. The number of nitrogens with one attached hydrogen (secondary N) is 2. The molecule has 32 heavy (non-hydrogen) atoms. The van der Waals surface area contributed by atoms with Crippen LogP contribution in [0.2, 0.25) is 0 Å². The minimum atomic E-state index is -0.687. The third-order valence-corrected chi connectivity index (χ3v) is 4.86. The van der Waals surface area contributed by atoms with E-state index in [2.05, 4.69) is 15.3 Å². The van der Waals surface area contributed by atoms with Gasteiger partial charge in [0, 0.05) is 23.1 Å². The maximum absolute atomic E-state index is 12.7. The molecule has 0 atom stereocenters. The van der Waals surface area contributed by atoms with Crippen LogP contribution in [0.4, 0.5) is 11.5 Å². The lowest BCUT2D eigenvalue weighted by Gasteiger charge is -2.11. The molecule has 3 rings (SSSR count). The smallest absolute Gasteiger partial charge is 0.342 e. The van der Waals surface area contributed by atoms with Gasteiger partial charge < -0.3 is 19.8 Å². The SMILES string of the molecule is CCOc1ccc(Nc2ncccc2C(=O)OCC(=O)c2[nH]c(C)c(C(C)=O)c2C)cc1. The summed E-state index contributed by atoms with van der Waals surface area (Å²) in [5, 5.41) is 3.08. The first-order chi connectivity index (χ1) is 15.3. The van der Waals surface area contributed by atoms with Crippen LogP contribution in [0.25, 0.3) is 0 Å². The standard InChI is InChI=1S/C24H25N3O5/c1-5-31-18-10-8-17(9-11-18)27-23-19(7-6-12-25-23)24(30)32-13-20(29)22-14(2)21(16(4)28)15(3)26-22/h6-12,26H,5,13H2,1-4H3,(H,25,27). The van der Waals surface area contributed by atoms with Crippen LogP contribution in [0.5, 0.6) is 5.75 Å². The summed E-state index contributed by atoms with van der Waals surface area (Å²) in [6.45, 7) is 6.87. The number of hydrogen-bond acceptors (Lipinski definition) is 7. The van der Waals surface area contributed by atoms with Gasteiger partial charge in [-0.05, 0) is 69.7 Å². The third kappa shape index (κ3) is 5.03. The van der Waals surface area contributed by atoms with E-state index in [4.69, 9.17) is 9.47 Å². The van der Waals surface area contributed by atoms with Crippen molar-refractivity contribution >= 4 is 29.0 Å². The summed E-state index contributed by atoms with van der Waals surface area (Å²) in [6.07, 6.45) is 1.55. The third-order valence-electron chi connectivity index (χ3n) is 4.86. The number of anilines is 2. The number of aryl methyl sites for hydroxylation is 1. The van der Waals surface area contributed by atoms with Gasteiger partial charge in [0.2, 0.25) is 5.78 Å². The summed E-state index contributed by atoms with van der Waals surface area (Å²) >= 11 is 0. The van der Waals surface area contributed by atoms with Crippen molar-refractivity contribution in [3.05, 3.63) is 70.7 Å². The van der Waals surface area contributed by atoms with Crippen molar-refractivity contribution in [2.45, 2.75) is 27.7 Å². The molecule has 0 bridgehead atoms. The number of ketones is 2. The van der Waals surface area contributed by atoms with Gasteiger partial charge in [0.15, 0.2) is 12.4 Å². The number of carbonyl (C=O) groups is 3. The Hall–Kier alpha value is -3.94. The first-order valence-electron chi connectivity index (χ1n) is 10.2. The first-order valence-corrected chi connectivity index (χ1v) is 10.2. The van der Waals surface area contributed by atoms with E-state index in [-0.39, 0.29) is 17.0 Å². The Morgan fingerprint density at radius 1 is 1.09 bits per heavy atom. The van der Waals surface area contributed by atoms with E-state index in [0.717, 1.165) is 5.75 Å². The molecule has 0 aliphatic heterocycles. The van der Waals surface area contributed by atoms with E-state index in [1.54, 1.807) is 56.4 Å². The Kier molecular flexibility index (Phi) is 7.04. The normalized spacial score (nSPS) is 10.5. The van der Waals surface area contributed by atoms with Gasteiger partial charge in [-0.2, -0.15) is 0 Å². The molecule has 0 amide bonds. The first kappa shape index (κ1) is 22.7. The maximum atomic E-state index is 12.7. The lowest BCUT2D eigenvalue weighted by molar-refractivity contribution is 0.0474. The lowest BCUT2D eigenvalue weighted by atomic mass is 10.1. The van der Waals surface area contributed by atoms with E-state index < -0.39 is 18.4 Å². The van der Waals surface area contributed by atoms with Gasteiger partial charge in [-0.3, -0.25) is 9.59 Å². The summed E-state index contributed by atoms with van der Waals surface area (Å²) < 4.78 is 10.7. The molecule has 0 aliphatic rings. The zero-order valence-electron chi connectivity index (χ0n) is 18.4. The summed E-state index contributed by atoms with van der Waals surface area (Å²) in [6, 6.07) is 10.4. The molecule has 0 unspecified atom stereocenters. The molecule has 0 saturated carbocycles. The number of esters is 1. The molecule has 0 saturated heterocycles. The number of H-pyrrole nitrogens is 1. The van der Waals surface area contributed by atoms with Gasteiger partial charge in [-0.25, -0.2) is 9.78 Å². The number of hydrogen-bond donors (Lipinski definition) is 2. The number of Topliss-reactive ketones (excluding diaryl/α,β-unsaturated/α-hetero) is 2. The Morgan fingerprint density at radius 3 is 2.44 bits per heavy atom. The van der Waals surface area contributed by atoms with E-state index in [0.29, 0.717) is 34.9 Å². The van der Waals surface area contributed by atoms with Gasteiger partial charge in [0.05, 0.1) is 12.3 Å². The highest BCUT2D eigenvalue weighted by atomic mass is 16.5. The van der Waals surface area contributed by atoms with E-state index in [9.17, 15) is 14.4 Å². The molecular formula is C24H25N3O5. The molecule has 0 radical (unpaired) electrons. The zero-order valence-corrected chi connectivity index (χ0v) is 18.4. The summed E-state index contributed by atoms with van der Waals surface area (Å²) in [5.74, 6) is -0.198. The van der Waals surface area contributed by atoms with Crippen molar-refractivity contribution in [3.8, 4) is 5.75 Å². The summed E-state index contributed by atoms with van der Waals surface area (Å²) in [4.78, 5) is 44.2. The summed E-state index contributed by atoms with van der Waals surface area (Å²) in [7, 11) is 0. The predicted octanol–water partition coefficient (Wildman–Crippen LogP) is 4.41. The maximum Gasteiger partial charge on any atom is 0.342 e. The molecule has 8 heteroatoms. The van der Waals surface area contributed by atoms with Gasteiger partial charge in [0.25, 0.3) is 0 Å². The number of pyridine rings is 1. The number of ether oxygens (including phenoxy) is 2. The average Bonchev–Trinajstić information content (AvgIpc) is 3.08. The number of aromatic amines is 1. The molecule has 2 aromatic heterocycles. The second kappa shape index (κ2) is 9.91. The summed E-state index contributed by atoms with van der Waals surface area (Å²) in [5.41, 5.74) is 2.81. The van der Waals surface area contributed by atoms with Crippen LogP contribution >= 0.6 is 0 Å². The van der Waals surface area contributed by atoms with Crippen LogP contribution in [0, 0.1) is 13.8 Å². The lowest BCUT2D eigenvalue weighted by Crippen LogP contribution is -2.16. The molecule has 0 spiro atoms. The minimum absolute atomic E-state index is 0.132. The zero-order chi connectivity index (χ0) is 23.3. The Labute approximate surface area is 186 Å². The quantitative estimate of drug-likeness (QED) is 0.378. The number of benzene rings is 1. The molecular weight excluding hydrogens is 410 g/mol. The van der Waals surface area contributed by atoms with Gasteiger partial charge in [0.1, 0.15) is 17.1 Å². The van der Waals surface area contributed by atoms with Crippen molar-refractivity contribution in [1.82, 2.24) is 9.97 Å². The largest absolute Gasteiger partial charge is 0.494 e. The van der Waals surface area contributed by atoms with Crippen molar-refractivity contribution in [2.24, 2.45) is 0 Å². The van der Waals surface area contributed by atoms with Crippen molar-refractivity contribution in [3.63, 3.8) is 0 Å². The molecule has 3 aromatic rings. The van der Waals surface area contributed by atoms with E-state index in [1.165, 1.54) is 6.92 Å². The molecule has 2 N–H and O–H groups in total. The number of rotatable bonds is 9. The van der Waals surface area contributed by atoms with Crippen molar-refractivity contribution < 1.29 is 23.9 Å². The number of nitrogens with zero attached hydrogens (tertiary/aromatic N) is 1. The van der Waals surface area contributed by atoms with Crippen LogP contribution in [-0.4, -0.2) is 40.7 Å². The van der Waals surface area contributed by atoms with Crippen LogP contribution in [0.15, 0.2) is 42.6 Å². The van der Waals surface area contributed by atoms with Gasteiger partial charge in [-0.1, -0.05) is 0 Å². The highest BCUT2D eigenvalue weighted by Crippen LogP contribution is 2.23. The number of aromatic nitrogens is 2. The Bertz CT molecular complexity index is 1150. The Morgan fingerprint density at radius 2 is 1.81 bits per heavy atom. The molecule has 8 nitrogen and oxygen atoms in total. The number of carbonyl (C=O) groups excluding carboxylic acids is 3. The van der Waals surface area contributed by atoms with Gasteiger partial charge >= 0.3 is 5.97 Å². The van der Waals surface area contributed by atoms with E-state index >= 15 is 0 Å². The monoisotopic (exact) mass is 435 g/mol. The van der Waals surface area contributed by atoms with Gasteiger partial charge in [-0.15, -0.1) is 0 Å². The van der Waals surface area contributed by atoms with Crippen LogP contribution in [0.3, 0.4) is 0 Å². The molecule has 0 fully saturated rings. The fraction of sp³-hybridized carbons (Fsp3) is 0.250. The topological polar surface area (TPSA) is 110 Å². The van der Waals surface area contributed by atoms with Crippen LogP contribution in [-0.2, 0) is 4.74 Å². The fourth-order valence-corrected chi connectivity index (χ4v) is 3.45. The molecule has 0 aliphatic carbocycles. The van der Waals surface area contributed by atoms with Crippen LogP contribution in [0.1, 0.15) is 56.3 Å². The highest BCUT2D eigenvalue weighted by Gasteiger charge is 2.22. The highest BCUT2D eigenvalue weighted by molar-refractivity contribution is 6.04. The Balaban J connectivity index is 1.70. The minimum Gasteiger partial charge on any atom is -0.494 e. The van der Waals surface area contributed by atoms with E-state index in [1.807, 2.05) is 6.92 Å². The average molecular weight is 435 g/mol. The second-order valence-electron chi connectivity index (χ2n) is 7.16. The molecule has 2 heterocycles. The van der Waals surface area contributed by atoms with Crippen molar-refractivity contribution in [2.75, 3.05) is 18.5 Å².